The zero-order valence-corrected chi connectivity index (χ0v) is 27.2. The van der Waals surface area contributed by atoms with Gasteiger partial charge in [-0.1, -0.05) is 140 Å². The van der Waals surface area contributed by atoms with Gasteiger partial charge in [0.05, 0.1) is 5.52 Å². The highest BCUT2D eigenvalue weighted by atomic mass is 16.3. The number of aromatic nitrogens is 5. The highest BCUT2D eigenvalue weighted by Gasteiger charge is 2.22. The van der Waals surface area contributed by atoms with Crippen LogP contribution in [-0.2, 0) is 0 Å². The predicted octanol–water partition coefficient (Wildman–Crippen LogP) is 11.2. The zero-order chi connectivity index (χ0) is 33.7. The second kappa shape index (κ2) is 11.8. The van der Waals surface area contributed by atoms with Gasteiger partial charge in [0.2, 0.25) is 0 Å². The molecule has 0 radical (unpaired) electrons. The molecular formula is C45H27N5O. The van der Waals surface area contributed by atoms with E-state index in [-0.39, 0.29) is 0 Å². The topological polar surface area (TPSA) is 77.6 Å². The summed E-state index contributed by atoms with van der Waals surface area (Å²) in [5.74, 6) is 1.83. The average Bonchev–Trinajstić information content (AvgIpc) is 3.61. The van der Waals surface area contributed by atoms with Crippen molar-refractivity contribution in [1.29, 1.82) is 0 Å². The monoisotopic (exact) mass is 653 g/mol. The number of pyridine rings is 2. The van der Waals surface area contributed by atoms with Crippen LogP contribution in [0.15, 0.2) is 168 Å². The van der Waals surface area contributed by atoms with Crippen molar-refractivity contribution in [2.45, 2.75) is 0 Å². The van der Waals surface area contributed by atoms with Crippen molar-refractivity contribution in [2.24, 2.45) is 0 Å². The fraction of sp³-hybridized carbons (Fsp3) is 0. The van der Waals surface area contributed by atoms with Gasteiger partial charge >= 0.3 is 0 Å². The SMILES string of the molecule is c1ccc(-c2nc(-c3ccccc3)nc(-c3cccc(-c4cnc(-c5nc6ccccc6c6ccccc56)c5oc6ccccc6c45)c3)n2)cc1. The van der Waals surface area contributed by atoms with Gasteiger partial charge in [-0.15, -0.1) is 0 Å². The molecule has 0 bridgehead atoms. The second-order valence-electron chi connectivity index (χ2n) is 12.5. The van der Waals surface area contributed by atoms with E-state index in [1.165, 1.54) is 0 Å². The summed E-state index contributed by atoms with van der Waals surface area (Å²) < 4.78 is 6.67. The Hall–Kier alpha value is -7.05. The van der Waals surface area contributed by atoms with Crippen molar-refractivity contribution in [1.82, 2.24) is 24.9 Å². The number of furan rings is 1. The van der Waals surface area contributed by atoms with E-state index in [0.29, 0.717) is 28.8 Å². The van der Waals surface area contributed by atoms with Crippen molar-refractivity contribution in [3.63, 3.8) is 0 Å². The average molecular weight is 654 g/mol. The fourth-order valence-electron chi connectivity index (χ4n) is 6.97. The predicted molar refractivity (Wildman–Crippen MR) is 205 cm³/mol. The quantitative estimate of drug-likeness (QED) is 0.172. The Kier molecular flexibility index (Phi) is 6.70. The number of hydrogen-bond acceptors (Lipinski definition) is 6. The molecule has 4 heterocycles. The van der Waals surface area contributed by atoms with Gasteiger partial charge in [0.1, 0.15) is 17.0 Å². The van der Waals surface area contributed by atoms with Crippen molar-refractivity contribution in [3.05, 3.63) is 164 Å². The molecule has 0 saturated heterocycles. The summed E-state index contributed by atoms with van der Waals surface area (Å²) in [6.07, 6.45) is 1.95. The van der Waals surface area contributed by atoms with E-state index < -0.39 is 0 Å². The molecule has 0 aliphatic rings. The molecule has 0 aliphatic heterocycles. The molecule has 0 atom stereocenters. The van der Waals surface area contributed by atoms with Gasteiger partial charge in [-0.25, -0.2) is 24.9 Å². The Morgan fingerprint density at radius 1 is 0.392 bits per heavy atom. The largest absolute Gasteiger partial charge is 0.454 e. The third-order valence-corrected chi connectivity index (χ3v) is 9.37. The minimum absolute atomic E-state index is 0.592. The zero-order valence-electron chi connectivity index (χ0n) is 27.2. The molecule has 0 unspecified atom stereocenters. The van der Waals surface area contributed by atoms with Gasteiger partial charge in [-0.2, -0.15) is 0 Å². The van der Waals surface area contributed by atoms with Gasteiger partial charge in [0, 0.05) is 50.0 Å². The maximum Gasteiger partial charge on any atom is 0.164 e. The van der Waals surface area contributed by atoms with Crippen LogP contribution >= 0.6 is 0 Å². The van der Waals surface area contributed by atoms with E-state index in [1.807, 2.05) is 109 Å². The first-order valence-electron chi connectivity index (χ1n) is 16.8. The number of benzene rings is 6. The summed E-state index contributed by atoms with van der Waals surface area (Å²) in [6.45, 7) is 0. The Bertz CT molecular complexity index is 2860. The highest BCUT2D eigenvalue weighted by molar-refractivity contribution is 6.18. The second-order valence-corrected chi connectivity index (χ2v) is 12.5. The molecule has 0 spiro atoms. The van der Waals surface area contributed by atoms with Crippen LogP contribution in [-0.4, -0.2) is 24.9 Å². The van der Waals surface area contributed by atoms with Crippen LogP contribution in [0.3, 0.4) is 0 Å². The molecule has 4 aromatic heterocycles. The summed E-state index contributed by atoms with van der Waals surface area (Å²) in [5.41, 5.74) is 8.56. The van der Waals surface area contributed by atoms with Gasteiger partial charge in [0.25, 0.3) is 0 Å². The molecule has 0 amide bonds. The van der Waals surface area contributed by atoms with Crippen molar-refractivity contribution >= 4 is 43.6 Å². The molecule has 6 nitrogen and oxygen atoms in total. The van der Waals surface area contributed by atoms with Crippen LogP contribution in [0.5, 0.6) is 0 Å². The van der Waals surface area contributed by atoms with Gasteiger partial charge < -0.3 is 4.42 Å². The number of nitrogens with zero attached hydrogens (tertiary/aromatic N) is 5. The number of fused-ring (bicyclic) bond motifs is 6. The van der Waals surface area contributed by atoms with Gasteiger partial charge in [0.15, 0.2) is 23.1 Å². The molecule has 6 heteroatoms. The van der Waals surface area contributed by atoms with Crippen molar-refractivity contribution < 1.29 is 4.42 Å². The molecule has 51 heavy (non-hydrogen) atoms. The molecule has 10 aromatic rings. The van der Waals surface area contributed by atoms with Crippen LogP contribution in [0.2, 0.25) is 0 Å². The summed E-state index contributed by atoms with van der Waals surface area (Å²) >= 11 is 0. The number of para-hydroxylation sites is 2. The van der Waals surface area contributed by atoms with Gasteiger partial charge in [-0.05, 0) is 29.1 Å². The highest BCUT2D eigenvalue weighted by Crippen LogP contribution is 2.42. The number of hydrogen-bond donors (Lipinski definition) is 0. The Labute approximate surface area is 292 Å². The lowest BCUT2D eigenvalue weighted by Crippen LogP contribution is -2.00. The molecule has 6 aromatic carbocycles. The first kappa shape index (κ1) is 28.9. The standard InChI is InChI=1S/C45H27N5O/c1-3-14-28(15-4-1)43-48-44(29-16-5-2-6-17-29)50-45(49-43)31-19-13-18-30(26-31)36-27-46-41(42-39(36)35-23-10-12-25-38(35)51-42)40-34-22-8-7-20-32(34)33-21-9-11-24-37(33)47-40/h1-27H. The lowest BCUT2D eigenvalue weighted by atomic mass is 9.97. The lowest BCUT2D eigenvalue weighted by Gasteiger charge is -2.12. The maximum atomic E-state index is 6.67. The first-order valence-corrected chi connectivity index (χ1v) is 16.8. The third-order valence-electron chi connectivity index (χ3n) is 9.37. The summed E-state index contributed by atoms with van der Waals surface area (Å²) in [6, 6.07) is 53.1. The Balaban J connectivity index is 1.18. The third kappa shape index (κ3) is 4.92. The maximum absolute atomic E-state index is 6.67. The summed E-state index contributed by atoms with van der Waals surface area (Å²) in [5, 5.41) is 5.26. The molecule has 0 aliphatic carbocycles. The first-order chi connectivity index (χ1) is 25.3. The Morgan fingerprint density at radius 2 is 0.941 bits per heavy atom. The smallest absolute Gasteiger partial charge is 0.164 e. The van der Waals surface area contributed by atoms with Crippen LogP contribution in [0.1, 0.15) is 0 Å². The summed E-state index contributed by atoms with van der Waals surface area (Å²) in [4.78, 5) is 25.1. The van der Waals surface area contributed by atoms with E-state index in [9.17, 15) is 0 Å². The molecule has 0 N–H and O–H groups in total. The van der Waals surface area contributed by atoms with Gasteiger partial charge in [-0.3, -0.25) is 0 Å². The molecule has 0 saturated carbocycles. The van der Waals surface area contributed by atoms with E-state index in [4.69, 9.17) is 29.3 Å². The molecular weight excluding hydrogens is 627 g/mol. The van der Waals surface area contributed by atoms with E-state index in [0.717, 1.165) is 71.5 Å². The minimum Gasteiger partial charge on any atom is -0.454 e. The number of rotatable bonds is 5. The van der Waals surface area contributed by atoms with Crippen LogP contribution in [0.4, 0.5) is 0 Å². The molecule has 0 fully saturated rings. The lowest BCUT2D eigenvalue weighted by molar-refractivity contribution is 0.668. The summed E-state index contributed by atoms with van der Waals surface area (Å²) in [7, 11) is 0. The van der Waals surface area contributed by atoms with Crippen LogP contribution in [0.25, 0.3) is 100 Å². The van der Waals surface area contributed by atoms with E-state index in [2.05, 4.69) is 54.6 Å². The van der Waals surface area contributed by atoms with Crippen molar-refractivity contribution in [3.8, 4) is 56.7 Å². The minimum atomic E-state index is 0.592. The fourth-order valence-corrected chi connectivity index (χ4v) is 6.97. The van der Waals surface area contributed by atoms with Crippen molar-refractivity contribution in [2.75, 3.05) is 0 Å². The molecule has 238 valence electrons. The van der Waals surface area contributed by atoms with E-state index in [1.54, 1.807) is 0 Å². The van der Waals surface area contributed by atoms with E-state index >= 15 is 0 Å². The Morgan fingerprint density at radius 3 is 1.67 bits per heavy atom. The molecule has 10 rings (SSSR count). The normalized spacial score (nSPS) is 11.5. The van der Waals surface area contributed by atoms with Crippen LogP contribution < -0.4 is 0 Å². The van der Waals surface area contributed by atoms with Crippen LogP contribution in [0, 0.1) is 0 Å².